The van der Waals surface area contributed by atoms with Crippen molar-refractivity contribution in [1.82, 2.24) is 9.55 Å². The van der Waals surface area contributed by atoms with Crippen LogP contribution in [0.5, 0.6) is 5.75 Å². The van der Waals surface area contributed by atoms with Gasteiger partial charge in [0.1, 0.15) is 17.4 Å². The fraction of sp³-hybridized carbons (Fsp3) is 0.176. The molecule has 2 aromatic carbocycles. The number of aromatic nitrogens is 2. The zero-order chi connectivity index (χ0) is 16.4. The average Bonchev–Trinajstić information content (AvgIpc) is 2.81. The summed E-state index contributed by atoms with van der Waals surface area (Å²) in [5.74, 6) is 0.711. The molecule has 0 saturated carbocycles. The number of ether oxygens (including phenoxy) is 1. The topological polar surface area (TPSA) is 56.1 Å². The van der Waals surface area contributed by atoms with Crippen LogP contribution in [-0.2, 0) is 11.8 Å². The van der Waals surface area contributed by atoms with Gasteiger partial charge in [-0.05, 0) is 49.4 Å². The number of amides is 1. The molecule has 0 aliphatic carbocycles. The van der Waals surface area contributed by atoms with E-state index >= 15 is 0 Å². The fourth-order valence-corrected chi connectivity index (χ4v) is 2.27. The van der Waals surface area contributed by atoms with Crippen molar-refractivity contribution in [3.63, 3.8) is 0 Å². The quantitative estimate of drug-likeness (QED) is 0.805. The number of carbonyl (C=O) groups is 1. The lowest BCUT2D eigenvalue weighted by molar-refractivity contribution is -0.118. The second-order valence-electron chi connectivity index (χ2n) is 5.21. The van der Waals surface area contributed by atoms with E-state index in [1.54, 1.807) is 0 Å². The largest absolute Gasteiger partial charge is 0.484 e. The lowest BCUT2D eigenvalue weighted by Gasteiger charge is -2.07. The predicted molar refractivity (Wildman–Crippen MR) is 86.0 cm³/mol. The summed E-state index contributed by atoms with van der Waals surface area (Å²) in [6.07, 6.45) is 0. The molecule has 5 nitrogen and oxygen atoms in total. The van der Waals surface area contributed by atoms with Crippen LogP contribution in [0.2, 0.25) is 0 Å². The summed E-state index contributed by atoms with van der Waals surface area (Å²) in [5.41, 5.74) is 2.48. The van der Waals surface area contributed by atoms with Gasteiger partial charge in [0.2, 0.25) is 0 Å². The summed E-state index contributed by atoms with van der Waals surface area (Å²) in [6, 6.07) is 11.1. The summed E-state index contributed by atoms with van der Waals surface area (Å²) < 4.78 is 20.1. The van der Waals surface area contributed by atoms with E-state index < -0.39 is 0 Å². The molecular formula is C17H16FN3O2. The van der Waals surface area contributed by atoms with E-state index in [2.05, 4.69) is 10.3 Å². The lowest BCUT2D eigenvalue weighted by atomic mass is 10.2. The average molecular weight is 313 g/mol. The number of fused-ring (bicyclic) bond motifs is 1. The van der Waals surface area contributed by atoms with E-state index in [4.69, 9.17) is 4.74 Å². The standard InChI is InChI=1S/C17H16FN3O2/c1-11-19-15-9-13(5-8-16(15)21(11)2)20-17(22)10-23-14-6-3-12(18)4-7-14/h3-9H,10H2,1-2H3,(H,20,22). The van der Waals surface area contributed by atoms with Crippen molar-refractivity contribution in [3.05, 3.63) is 54.1 Å². The van der Waals surface area contributed by atoms with Gasteiger partial charge in [0.15, 0.2) is 6.61 Å². The minimum absolute atomic E-state index is 0.148. The van der Waals surface area contributed by atoms with E-state index in [9.17, 15) is 9.18 Å². The Balaban J connectivity index is 1.64. The minimum Gasteiger partial charge on any atom is -0.484 e. The van der Waals surface area contributed by atoms with Crippen LogP contribution in [0.3, 0.4) is 0 Å². The molecule has 0 unspecified atom stereocenters. The second-order valence-corrected chi connectivity index (χ2v) is 5.21. The highest BCUT2D eigenvalue weighted by Gasteiger charge is 2.08. The fourth-order valence-electron chi connectivity index (χ4n) is 2.27. The normalized spacial score (nSPS) is 10.7. The van der Waals surface area contributed by atoms with Gasteiger partial charge in [0.05, 0.1) is 11.0 Å². The van der Waals surface area contributed by atoms with Gasteiger partial charge in [-0.15, -0.1) is 0 Å². The van der Waals surface area contributed by atoms with Crippen molar-refractivity contribution >= 4 is 22.6 Å². The van der Waals surface area contributed by atoms with Gasteiger partial charge >= 0.3 is 0 Å². The van der Waals surface area contributed by atoms with E-state index in [0.29, 0.717) is 11.4 Å². The van der Waals surface area contributed by atoms with E-state index in [1.165, 1.54) is 24.3 Å². The van der Waals surface area contributed by atoms with Crippen molar-refractivity contribution in [2.45, 2.75) is 6.92 Å². The third kappa shape index (κ3) is 3.31. The summed E-state index contributed by atoms with van der Waals surface area (Å²) in [7, 11) is 1.94. The molecule has 0 spiro atoms. The summed E-state index contributed by atoms with van der Waals surface area (Å²) in [5, 5.41) is 2.76. The molecule has 0 fully saturated rings. The van der Waals surface area contributed by atoms with Crippen LogP contribution < -0.4 is 10.1 Å². The highest BCUT2D eigenvalue weighted by Crippen LogP contribution is 2.19. The van der Waals surface area contributed by atoms with E-state index in [-0.39, 0.29) is 18.3 Å². The number of carbonyl (C=O) groups excluding carboxylic acids is 1. The predicted octanol–water partition coefficient (Wildman–Crippen LogP) is 3.04. The van der Waals surface area contributed by atoms with Crippen molar-refractivity contribution in [1.29, 1.82) is 0 Å². The number of nitrogens with zero attached hydrogens (tertiary/aromatic N) is 2. The van der Waals surface area contributed by atoms with Gasteiger partial charge in [-0.2, -0.15) is 0 Å². The Kier molecular flexibility index (Phi) is 3.97. The van der Waals surface area contributed by atoms with Gasteiger partial charge in [-0.1, -0.05) is 0 Å². The smallest absolute Gasteiger partial charge is 0.262 e. The number of aryl methyl sites for hydroxylation is 2. The highest BCUT2D eigenvalue weighted by molar-refractivity contribution is 5.94. The van der Waals surface area contributed by atoms with Gasteiger partial charge in [-0.3, -0.25) is 4.79 Å². The first-order chi connectivity index (χ1) is 11.0. The van der Waals surface area contributed by atoms with Gasteiger partial charge < -0.3 is 14.6 Å². The molecule has 3 aromatic rings. The molecule has 3 rings (SSSR count). The summed E-state index contributed by atoms with van der Waals surface area (Å²) in [4.78, 5) is 16.4. The molecule has 1 amide bonds. The Labute approximate surface area is 132 Å². The molecule has 23 heavy (non-hydrogen) atoms. The van der Waals surface area contributed by atoms with Crippen LogP contribution in [0, 0.1) is 12.7 Å². The molecule has 0 aliphatic heterocycles. The van der Waals surface area contributed by atoms with Crippen LogP contribution in [0.25, 0.3) is 11.0 Å². The Morgan fingerprint density at radius 2 is 2.00 bits per heavy atom. The molecule has 1 aromatic heterocycles. The molecule has 1 N–H and O–H groups in total. The minimum atomic E-state index is -0.347. The zero-order valence-electron chi connectivity index (χ0n) is 12.8. The molecule has 118 valence electrons. The molecule has 0 aliphatic rings. The molecule has 6 heteroatoms. The van der Waals surface area contributed by atoms with Gasteiger partial charge in [0, 0.05) is 12.7 Å². The summed E-state index contributed by atoms with van der Waals surface area (Å²) >= 11 is 0. The van der Waals surface area contributed by atoms with Crippen LogP contribution in [-0.4, -0.2) is 22.1 Å². The van der Waals surface area contributed by atoms with Crippen LogP contribution in [0.1, 0.15) is 5.82 Å². The molecule has 1 heterocycles. The van der Waals surface area contributed by atoms with Crippen molar-refractivity contribution in [3.8, 4) is 5.75 Å². The number of rotatable bonds is 4. The number of anilines is 1. The number of hydrogen-bond acceptors (Lipinski definition) is 3. The Morgan fingerprint density at radius 1 is 1.26 bits per heavy atom. The molecule has 0 saturated heterocycles. The van der Waals surface area contributed by atoms with E-state index in [1.807, 2.05) is 36.7 Å². The maximum absolute atomic E-state index is 12.8. The third-order valence-electron chi connectivity index (χ3n) is 3.57. The third-order valence-corrected chi connectivity index (χ3v) is 3.57. The second kappa shape index (κ2) is 6.08. The van der Waals surface area contributed by atoms with E-state index in [0.717, 1.165) is 16.9 Å². The monoisotopic (exact) mass is 313 g/mol. The molecular weight excluding hydrogens is 297 g/mol. The molecule has 0 radical (unpaired) electrons. The Hall–Kier alpha value is -2.89. The van der Waals surface area contributed by atoms with Crippen LogP contribution >= 0.6 is 0 Å². The first-order valence-corrected chi connectivity index (χ1v) is 7.14. The van der Waals surface area contributed by atoms with Crippen LogP contribution in [0.15, 0.2) is 42.5 Å². The number of imidazole rings is 1. The zero-order valence-corrected chi connectivity index (χ0v) is 12.8. The number of nitrogens with one attached hydrogen (secondary N) is 1. The van der Waals surface area contributed by atoms with Crippen molar-refractivity contribution < 1.29 is 13.9 Å². The first kappa shape index (κ1) is 15.0. The first-order valence-electron chi connectivity index (χ1n) is 7.14. The molecule has 0 bridgehead atoms. The lowest BCUT2D eigenvalue weighted by Crippen LogP contribution is -2.20. The Bertz CT molecular complexity index is 856. The van der Waals surface area contributed by atoms with Crippen molar-refractivity contribution in [2.75, 3.05) is 11.9 Å². The van der Waals surface area contributed by atoms with Crippen LogP contribution in [0.4, 0.5) is 10.1 Å². The maximum atomic E-state index is 12.8. The summed E-state index contributed by atoms with van der Waals surface area (Å²) in [6.45, 7) is 1.78. The van der Waals surface area contributed by atoms with Crippen molar-refractivity contribution in [2.24, 2.45) is 7.05 Å². The SMILES string of the molecule is Cc1nc2cc(NC(=O)COc3ccc(F)cc3)ccc2n1C. The number of halogens is 1. The molecule has 0 atom stereocenters. The number of hydrogen-bond donors (Lipinski definition) is 1. The Morgan fingerprint density at radius 3 is 2.74 bits per heavy atom. The maximum Gasteiger partial charge on any atom is 0.262 e. The highest BCUT2D eigenvalue weighted by atomic mass is 19.1. The van der Waals surface area contributed by atoms with Gasteiger partial charge in [0.25, 0.3) is 5.91 Å². The number of benzene rings is 2. The van der Waals surface area contributed by atoms with Gasteiger partial charge in [-0.25, -0.2) is 9.37 Å².